The van der Waals surface area contributed by atoms with Gasteiger partial charge in [0.2, 0.25) is 0 Å². The molecule has 1 saturated heterocycles. The van der Waals surface area contributed by atoms with Crippen LogP contribution in [0.25, 0.3) is 16.9 Å². The van der Waals surface area contributed by atoms with Crippen LogP contribution in [0.4, 0.5) is 5.82 Å². The van der Waals surface area contributed by atoms with E-state index < -0.39 is 0 Å². The lowest BCUT2D eigenvalue weighted by Crippen LogP contribution is -2.33. The molecule has 0 spiro atoms. The van der Waals surface area contributed by atoms with Crippen LogP contribution in [0, 0.1) is 5.92 Å². The fourth-order valence-electron chi connectivity index (χ4n) is 4.12. The van der Waals surface area contributed by atoms with Crippen LogP contribution < -0.4 is 21.5 Å². The number of para-hydroxylation sites is 1. The van der Waals surface area contributed by atoms with E-state index in [0.29, 0.717) is 35.1 Å². The molecule has 3 N–H and O–H groups in total. The number of nitrogens with two attached hydrogens (primary N) is 1. The molecule has 2 aromatic heterocycles. The Hall–Kier alpha value is -3.07. The Balaban J connectivity index is 0.00000153. The van der Waals surface area contributed by atoms with Gasteiger partial charge in [0.15, 0.2) is 11.5 Å². The van der Waals surface area contributed by atoms with Crippen LogP contribution in [0.15, 0.2) is 65.7 Å². The average Bonchev–Trinajstić information content (AvgIpc) is 3.08. The Morgan fingerprint density at radius 2 is 1.64 bits per heavy atom. The second-order valence-corrected chi connectivity index (χ2v) is 7.76. The van der Waals surface area contributed by atoms with Crippen molar-refractivity contribution in [2.75, 3.05) is 18.8 Å². The number of hydrogen-bond donors (Lipinski definition) is 2. The van der Waals surface area contributed by atoms with Crippen LogP contribution in [0.3, 0.4) is 0 Å². The number of hydrogen-bond acceptors (Lipinski definition) is 6. The van der Waals surface area contributed by atoms with Gasteiger partial charge in [-0.1, -0.05) is 18.2 Å². The van der Waals surface area contributed by atoms with Crippen molar-refractivity contribution in [1.29, 1.82) is 0 Å². The fraction of sp³-hybridized carbons (Fsp3) is 0.261. The number of halogens is 2. The van der Waals surface area contributed by atoms with Gasteiger partial charge in [-0.05, 0) is 68.2 Å². The van der Waals surface area contributed by atoms with E-state index in [1.165, 1.54) is 6.33 Å². The molecule has 0 radical (unpaired) electrons. The molecule has 8 nitrogen and oxygen atoms in total. The van der Waals surface area contributed by atoms with Gasteiger partial charge in [0.1, 0.15) is 23.3 Å². The summed E-state index contributed by atoms with van der Waals surface area (Å²) in [6.45, 7) is 2.56. The van der Waals surface area contributed by atoms with Crippen LogP contribution >= 0.6 is 24.8 Å². The van der Waals surface area contributed by atoms with Gasteiger partial charge in [0, 0.05) is 6.54 Å². The molecule has 1 aliphatic rings. The average molecular weight is 489 g/mol. The van der Waals surface area contributed by atoms with E-state index in [9.17, 15) is 4.79 Å². The zero-order valence-electron chi connectivity index (χ0n) is 17.9. The zero-order valence-corrected chi connectivity index (χ0v) is 19.5. The number of nitrogens with one attached hydrogen (secondary N) is 1. The molecule has 33 heavy (non-hydrogen) atoms. The number of anilines is 1. The molecule has 4 aromatic rings. The SMILES string of the molecule is Cl.Cl.Nc1ncnc2c1n(-c1ccc(Oc3ccccc3)cc1)c(=O)n2CC1CCNCC1. The van der Waals surface area contributed by atoms with E-state index in [2.05, 4.69) is 15.3 Å². The fourth-order valence-corrected chi connectivity index (χ4v) is 4.12. The lowest BCUT2D eigenvalue weighted by atomic mass is 9.98. The summed E-state index contributed by atoms with van der Waals surface area (Å²) in [5.74, 6) is 2.15. The molecule has 1 fully saturated rings. The maximum absolute atomic E-state index is 13.4. The van der Waals surface area contributed by atoms with E-state index in [-0.39, 0.29) is 36.3 Å². The Morgan fingerprint density at radius 1 is 0.970 bits per heavy atom. The molecule has 3 heterocycles. The highest BCUT2D eigenvalue weighted by Crippen LogP contribution is 2.25. The number of fused-ring (bicyclic) bond motifs is 1. The van der Waals surface area contributed by atoms with Gasteiger partial charge in [-0.3, -0.25) is 9.13 Å². The summed E-state index contributed by atoms with van der Waals surface area (Å²) in [5.41, 5.74) is 7.83. The Labute approximate surface area is 203 Å². The first-order chi connectivity index (χ1) is 15.2. The highest BCUT2D eigenvalue weighted by atomic mass is 35.5. The topological polar surface area (TPSA) is 100.0 Å². The molecule has 5 rings (SSSR count). The van der Waals surface area contributed by atoms with Gasteiger partial charge in [0.05, 0.1) is 5.69 Å². The molecule has 0 atom stereocenters. The van der Waals surface area contributed by atoms with Crippen molar-refractivity contribution >= 4 is 41.8 Å². The molecule has 0 saturated carbocycles. The first kappa shape index (κ1) is 24.6. The van der Waals surface area contributed by atoms with Gasteiger partial charge in [0.25, 0.3) is 0 Å². The van der Waals surface area contributed by atoms with E-state index in [4.69, 9.17) is 10.5 Å². The summed E-state index contributed by atoms with van der Waals surface area (Å²) < 4.78 is 9.20. The molecule has 0 amide bonds. The summed E-state index contributed by atoms with van der Waals surface area (Å²) in [5, 5.41) is 3.36. The van der Waals surface area contributed by atoms with Crippen molar-refractivity contribution in [1.82, 2.24) is 24.4 Å². The number of benzene rings is 2. The molecule has 0 aliphatic carbocycles. The maximum atomic E-state index is 13.4. The normalized spacial score (nSPS) is 13.8. The molecule has 10 heteroatoms. The Bertz CT molecular complexity index is 1250. The second kappa shape index (κ2) is 10.7. The van der Waals surface area contributed by atoms with Crippen LogP contribution in [0.1, 0.15) is 12.8 Å². The van der Waals surface area contributed by atoms with Crippen LogP contribution in [-0.4, -0.2) is 32.2 Å². The predicted octanol–water partition coefficient (Wildman–Crippen LogP) is 3.80. The number of nitrogen functional groups attached to an aromatic ring is 1. The third kappa shape index (κ3) is 4.98. The van der Waals surface area contributed by atoms with E-state index in [1.54, 1.807) is 9.13 Å². The number of imidazole rings is 1. The Kier molecular flexibility index (Phi) is 7.97. The van der Waals surface area contributed by atoms with Crippen molar-refractivity contribution in [2.24, 2.45) is 5.92 Å². The predicted molar refractivity (Wildman–Crippen MR) is 134 cm³/mol. The first-order valence-electron chi connectivity index (χ1n) is 10.5. The quantitative estimate of drug-likeness (QED) is 0.443. The Morgan fingerprint density at radius 3 is 2.33 bits per heavy atom. The van der Waals surface area contributed by atoms with Crippen LogP contribution in [-0.2, 0) is 6.54 Å². The minimum Gasteiger partial charge on any atom is -0.457 e. The molecule has 1 aliphatic heterocycles. The maximum Gasteiger partial charge on any atom is 0.335 e. The van der Waals surface area contributed by atoms with Gasteiger partial charge < -0.3 is 15.8 Å². The molecule has 0 unspecified atom stereocenters. The van der Waals surface area contributed by atoms with E-state index in [1.807, 2.05) is 54.6 Å². The smallest absolute Gasteiger partial charge is 0.335 e. The molecule has 0 bridgehead atoms. The third-order valence-electron chi connectivity index (χ3n) is 5.71. The number of ether oxygens (including phenoxy) is 1. The first-order valence-corrected chi connectivity index (χ1v) is 10.5. The van der Waals surface area contributed by atoms with Gasteiger partial charge in [-0.15, -0.1) is 24.8 Å². The van der Waals surface area contributed by atoms with E-state index >= 15 is 0 Å². The number of nitrogens with zero attached hydrogens (tertiary/aromatic N) is 4. The standard InChI is InChI=1S/C23H24N6O2.2ClH/c24-21-20-22(27-15-26-21)28(14-16-10-12-25-13-11-16)23(30)29(20)17-6-8-19(9-7-17)31-18-4-2-1-3-5-18;;/h1-9,15-16,25H,10-14H2,(H2,24,26,27);2*1H. The van der Waals surface area contributed by atoms with Crippen molar-refractivity contribution in [2.45, 2.75) is 19.4 Å². The van der Waals surface area contributed by atoms with Crippen molar-refractivity contribution in [3.8, 4) is 17.2 Å². The summed E-state index contributed by atoms with van der Waals surface area (Å²) in [6.07, 6.45) is 3.48. The summed E-state index contributed by atoms with van der Waals surface area (Å²) >= 11 is 0. The zero-order chi connectivity index (χ0) is 21.2. The lowest BCUT2D eigenvalue weighted by Gasteiger charge is -2.22. The summed E-state index contributed by atoms with van der Waals surface area (Å²) in [6, 6.07) is 16.9. The van der Waals surface area contributed by atoms with Crippen LogP contribution in [0.5, 0.6) is 11.5 Å². The van der Waals surface area contributed by atoms with Crippen LogP contribution in [0.2, 0.25) is 0 Å². The highest BCUT2D eigenvalue weighted by Gasteiger charge is 2.22. The number of piperidine rings is 1. The molecule has 2 aromatic carbocycles. The third-order valence-corrected chi connectivity index (χ3v) is 5.71. The van der Waals surface area contributed by atoms with E-state index in [0.717, 1.165) is 31.7 Å². The van der Waals surface area contributed by atoms with Crippen molar-refractivity contribution in [3.63, 3.8) is 0 Å². The minimum atomic E-state index is -0.155. The monoisotopic (exact) mass is 488 g/mol. The summed E-state index contributed by atoms with van der Waals surface area (Å²) in [4.78, 5) is 22.0. The van der Waals surface area contributed by atoms with Crippen molar-refractivity contribution < 1.29 is 4.74 Å². The molecule has 174 valence electrons. The number of aromatic nitrogens is 4. The lowest BCUT2D eigenvalue weighted by molar-refractivity contribution is 0.332. The second-order valence-electron chi connectivity index (χ2n) is 7.76. The molecular weight excluding hydrogens is 463 g/mol. The van der Waals surface area contributed by atoms with Gasteiger partial charge >= 0.3 is 5.69 Å². The highest BCUT2D eigenvalue weighted by molar-refractivity contribution is 5.86. The molecular formula is C23H26Cl2N6O2. The van der Waals surface area contributed by atoms with Gasteiger partial charge in [-0.25, -0.2) is 14.8 Å². The largest absolute Gasteiger partial charge is 0.457 e. The van der Waals surface area contributed by atoms with Crippen molar-refractivity contribution in [3.05, 3.63) is 71.4 Å². The number of rotatable bonds is 5. The summed E-state index contributed by atoms with van der Waals surface area (Å²) in [7, 11) is 0. The van der Waals surface area contributed by atoms with Gasteiger partial charge in [-0.2, -0.15) is 0 Å². The minimum absolute atomic E-state index is 0.